The fraction of sp³-hybridized carbons (Fsp3) is 0.300. The number of hydrogen-bond acceptors (Lipinski definition) is 2. The minimum Gasteiger partial charge on any atom is -0.326 e. The second kappa shape index (κ2) is 2.54. The van der Waals surface area contributed by atoms with E-state index in [1.807, 2.05) is 4.57 Å². The summed E-state index contributed by atoms with van der Waals surface area (Å²) < 4.78 is 15.0. The highest BCUT2D eigenvalue weighted by molar-refractivity contribution is 5.76. The third-order valence-corrected chi connectivity index (χ3v) is 2.65. The van der Waals surface area contributed by atoms with Gasteiger partial charge in [-0.2, -0.15) is 0 Å². The van der Waals surface area contributed by atoms with Crippen molar-refractivity contribution in [1.82, 2.24) is 9.55 Å². The lowest BCUT2D eigenvalue weighted by Crippen LogP contribution is -2.20. The molecule has 1 unspecified atom stereocenters. The van der Waals surface area contributed by atoms with E-state index in [1.54, 1.807) is 6.07 Å². The van der Waals surface area contributed by atoms with Crippen LogP contribution in [0.25, 0.3) is 11.0 Å². The number of halogens is 1. The first-order valence-electron chi connectivity index (χ1n) is 4.64. The molecule has 3 nitrogen and oxygen atoms in total. The lowest BCUT2D eigenvalue weighted by atomic mass is 10.2. The molecule has 3 rings (SSSR count). The maximum Gasteiger partial charge on any atom is 0.125 e. The minimum atomic E-state index is -0.222. The minimum absolute atomic E-state index is 0.130. The van der Waals surface area contributed by atoms with Gasteiger partial charge in [-0.05, 0) is 18.2 Å². The lowest BCUT2D eigenvalue weighted by molar-refractivity contribution is 0.625. The average molecular weight is 191 g/mol. The summed E-state index contributed by atoms with van der Waals surface area (Å²) in [5, 5.41) is 0. The van der Waals surface area contributed by atoms with E-state index in [1.165, 1.54) is 12.1 Å². The van der Waals surface area contributed by atoms with Gasteiger partial charge < -0.3 is 10.3 Å². The molecule has 0 radical (unpaired) electrons. The summed E-state index contributed by atoms with van der Waals surface area (Å²) in [6.07, 6.45) is 0.788. The highest BCUT2D eigenvalue weighted by Gasteiger charge is 2.21. The average Bonchev–Trinajstić information content (AvgIpc) is 2.62. The standard InChI is InChI=1S/C10H10FN3/c11-6-1-2-8-9(3-6)14-5-7(12)4-10(14)13-8/h1-3,7H,4-5,12H2. The van der Waals surface area contributed by atoms with Gasteiger partial charge in [-0.1, -0.05) is 0 Å². The summed E-state index contributed by atoms with van der Waals surface area (Å²) in [5.74, 6) is 0.749. The van der Waals surface area contributed by atoms with Crippen LogP contribution in [0.4, 0.5) is 4.39 Å². The van der Waals surface area contributed by atoms with Crippen LogP contribution in [0, 0.1) is 5.82 Å². The fourth-order valence-corrected chi connectivity index (χ4v) is 2.04. The zero-order valence-corrected chi connectivity index (χ0v) is 7.57. The van der Waals surface area contributed by atoms with Crippen molar-refractivity contribution in [3.63, 3.8) is 0 Å². The Balaban J connectivity index is 2.30. The monoisotopic (exact) mass is 191 g/mol. The topological polar surface area (TPSA) is 43.8 Å². The van der Waals surface area contributed by atoms with Crippen LogP contribution in [0.3, 0.4) is 0 Å². The number of nitrogens with zero attached hydrogens (tertiary/aromatic N) is 2. The Morgan fingerprint density at radius 2 is 2.36 bits per heavy atom. The highest BCUT2D eigenvalue weighted by atomic mass is 19.1. The van der Waals surface area contributed by atoms with E-state index in [2.05, 4.69) is 4.98 Å². The number of imidazole rings is 1. The summed E-state index contributed by atoms with van der Waals surface area (Å²) in [7, 11) is 0. The molecule has 2 heterocycles. The number of rotatable bonds is 0. The number of fused-ring (bicyclic) bond motifs is 3. The molecule has 14 heavy (non-hydrogen) atoms. The van der Waals surface area contributed by atoms with Crippen LogP contribution in [0.15, 0.2) is 18.2 Å². The van der Waals surface area contributed by atoms with Gasteiger partial charge in [-0.15, -0.1) is 0 Å². The molecule has 1 atom stereocenters. The van der Waals surface area contributed by atoms with Crippen LogP contribution >= 0.6 is 0 Å². The van der Waals surface area contributed by atoms with Crippen LogP contribution in [0.2, 0.25) is 0 Å². The molecule has 1 aromatic carbocycles. The first-order valence-corrected chi connectivity index (χ1v) is 4.64. The second-order valence-electron chi connectivity index (χ2n) is 3.74. The third-order valence-electron chi connectivity index (χ3n) is 2.65. The molecule has 0 aliphatic carbocycles. The van der Waals surface area contributed by atoms with Gasteiger partial charge in [0.2, 0.25) is 0 Å². The van der Waals surface area contributed by atoms with Gasteiger partial charge in [0, 0.05) is 19.0 Å². The molecule has 0 amide bonds. The third kappa shape index (κ3) is 0.974. The van der Waals surface area contributed by atoms with E-state index in [9.17, 15) is 4.39 Å². The maximum atomic E-state index is 13.0. The summed E-state index contributed by atoms with van der Waals surface area (Å²) in [5.41, 5.74) is 7.51. The van der Waals surface area contributed by atoms with E-state index in [0.717, 1.165) is 29.8 Å². The van der Waals surface area contributed by atoms with Crippen molar-refractivity contribution in [2.24, 2.45) is 5.73 Å². The van der Waals surface area contributed by atoms with Gasteiger partial charge in [0.25, 0.3) is 0 Å². The van der Waals surface area contributed by atoms with Crippen molar-refractivity contribution in [2.45, 2.75) is 19.0 Å². The number of nitrogens with two attached hydrogens (primary N) is 1. The normalized spacial score (nSPS) is 20.3. The van der Waals surface area contributed by atoms with Gasteiger partial charge in [-0.25, -0.2) is 9.37 Å². The maximum absolute atomic E-state index is 13.0. The van der Waals surface area contributed by atoms with Crippen molar-refractivity contribution < 1.29 is 4.39 Å². The number of aromatic nitrogens is 2. The molecular formula is C10H10FN3. The van der Waals surface area contributed by atoms with Crippen molar-refractivity contribution in [3.05, 3.63) is 29.8 Å². The first-order chi connectivity index (χ1) is 6.74. The SMILES string of the molecule is NC1Cc2nc3ccc(F)cc3n2C1. The number of hydrogen-bond donors (Lipinski definition) is 1. The van der Waals surface area contributed by atoms with Crippen molar-refractivity contribution in [3.8, 4) is 0 Å². The zero-order chi connectivity index (χ0) is 9.71. The predicted molar refractivity (Wildman–Crippen MR) is 51.4 cm³/mol. The Bertz CT molecular complexity index is 503. The molecule has 2 N–H and O–H groups in total. The molecular weight excluding hydrogens is 181 g/mol. The van der Waals surface area contributed by atoms with E-state index in [0.29, 0.717) is 0 Å². The Labute approximate surface area is 80.3 Å². The lowest BCUT2D eigenvalue weighted by Gasteiger charge is -2.01. The first kappa shape index (κ1) is 7.94. The molecule has 1 aliphatic rings. The Hall–Kier alpha value is -1.42. The van der Waals surface area contributed by atoms with E-state index in [4.69, 9.17) is 5.73 Å². The summed E-state index contributed by atoms with van der Waals surface area (Å²) in [6.45, 7) is 0.745. The van der Waals surface area contributed by atoms with Gasteiger partial charge in [0.1, 0.15) is 11.6 Å². The number of benzene rings is 1. The fourth-order valence-electron chi connectivity index (χ4n) is 2.04. The van der Waals surface area contributed by atoms with Crippen LogP contribution < -0.4 is 5.73 Å². The molecule has 0 spiro atoms. The van der Waals surface area contributed by atoms with Crippen LogP contribution in [0.1, 0.15) is 5.82 Å². The van der Waals surface area contributed by atoms with E-state index < -0.39 is 0 Å². The van der Waals surface area contributed by atoms with Crippen LogP contribution in [-0.2, 0) is 13.0 Å². The quantitative estimate of drug-likeness (QED) is 0.676. The highest BCUT2D eigenvalue weighted by Crippen LogP contribution is 2.22. The molecule has 1 aliphatic heterocycles. The molecule has 0 saturated carbocycles. The van der Waals surface area contributed by atoms with Crippen molar-refractivity contribution in [2.75, 3.05) is 0 Å². The zero-order valence-electron chi connectivity index (χ0n) is 7.57. The Morgan fingerprint density at radius 1 is 1.50 bits per heavy atom. The molecule has 4 heteroatoms. The molecule has 1 aromatic heterocycles. The van der Waals surface area contributed by atoms with E-state index >= 15 is 0 Å². The molecule has 2 aromatic rings. The van der Waals surface area contributed by atoms with E-state index in [-0.39, 0.29) is 11.9 Å². The summed E-state index contributed by atoms with van der Waals surface area (Å²) in [4.78, 5) is 4.40. The van der Waals surface area contributed by atoms with Gasteiger partial charge in [-0.3, -0.25) is 0 Å². The van der Waals surface area contributed by atoms with Crippen molar-refractivity contribution >= 4 is 11.0 Å². The van der Waals surface area contributed by atoms with Crippen LogP contribution in [0.5, 0.6) is 0 Å². The molecule has 0 saturated heterocycles. The molecule has 0 bridgehead atoms. The van der Waals surface area contributed by atoms with Gasteiger partial charge in [0.15, 0.2) is 0 Å². The van der Waals surface area contributed by atoms with Gasteiger partial charge in [0.05, 0.1) is 11.0 Å². The summed E-state index contributed by atoms with van der Waals surface area (Å²) >= 11 is 0. The largest absolute Gasteiger partial charge is 0.326 e. The van der Waals surface area contributed by atoms with Gasteiger partial charge >= 0.3 is 0 Å². The predicted octanol–water partition coefficient (Wildman–Crippen LogP) is 1.06. The smallest absolute Gasteiger partial charge is 0.125 e. The van der Waals surface area contributed by atoms with Crippen molar-refractivity contribution in [1.29, 1.82) is 0 Å². The second-order valence-corrected chi connectivity index (χ2v) is 3.74. The molecule has 72 valence electrons. The Kier molecular flexibility index (Phi) is 1.44. The Morgan fingerprint density at radius 3 is 3.21 bits per heavy atom. The van der Waals surface area contributed by atoms with Crippen LogP contribution in [-0.4, -0.2) is 15.6 Å². The molecule has 0 fully saturated rings. The summed E-state index contributed by atoms with van der Waals surface area (Å²) in [6, 6.07) is 4.79.